The quantitative estimate of drug-likeness (QED) is 0.867. The Bertz CT molecular complexity index is 463. The van der Waals surface area contributed by atoms with Crippen LogP contribution in [0.5, 0.6) is 0 Å². The first kappa shape index (κ1) is 11.8. The Labute approximate surface area is 108 Å². The molecular formula is C15H20N2O. The number of nitrogens with one attached hydrogen (secondary N) is 1. The maximum atomic E-state index is 12.8. The van der Waals surface area contributed by atoms with Gasteiger partial charge in [0.1, 0.15) is 0 Å². The molecule has 1 aromatic rings. The fourth-order valence-corrected chi connectivity index (χ4v) is 3.32. The van der Waals surface area contributed by atoms with Gasteiger partial charge < -0.3 is 5.32 Å². The Kier molecular flexibility index (Phi) is 2.94. The number of pyridine rings is 1. The van der Waals surface area contributed by atoms with Crippen molar-refractivity contribution in [3.05, 3.63) is 29.6 Å². The van der Waals surface area contributed by atoms with E-state index >= 15 is 0 Å². The highest BCUT2D eigenvalue weighted by atomic mass is 16.1. The van der Waals surface area contributed by atoms with Crippen molar-refractivity contribution in [2.24, 2.45) is 0 Å². The predicted octanol–water partition coefficient (Wildman–Crippen LogP) is 2.21. The molecule has 1 fully saturated rings. The first-order chi connectivity index (χ1) is 8.71. The zero-order valence-electron chi connectivity index (χ0n) is 10.9. The molecule has 3 rings (SSSR count). The van der Waals surface area contributed by atoms with Crippen molar-refractivity contribution in [3.8, 4) is 0 Å². The molecule has 1 aliphatic carbocycles. The molecule has 3 nitrogen and oxygen atoms in total. The van der Waals surface area contributed by atoms with Gasteiger partial charge in [-0.1, -0.05) is 6.07 Å². The van der Waals surface area contributed by atoms with Gasteiger partial charge in [0.15, 0.2) is 5.78 Å². The van der Waals surface area contributed by atoms with E-state index < -0.39 is 0 Å². The summed E-state index contributed by atoms with van der Waals surface area (Å²) < 4.78 is 0. The predicted molar refractivity (Wildman–Crippen MR) is 70.6 cm³/mol. The minimum absolute atomic E-state index is 0.0109. The van der Waals surface area contributed by atoms with Crippen LogP contribution in [0.2, 0.25) is 0 Å². The van der Waals surface area contributed by atoms with Crippen LogP contribution in [0, 0.1) is 0 Å². The zero-order valence-corrected chi connectivity index (χ0v) is 10.9. The van der Waals surface area contributed by atoms with Crippen LogP contribution in [0.15, 0.2) is 18.3 Å². The fourth-order valence-electron chi connectivity index (χ4n) is 3.32. The van der Waals surface area contributed by atoms with Gasteiger partial charge in [-0.2, -0.15) is 0 Å². The highest BCUT2D eigenvalue weighted by Crippen LogP contribution is 2.36. The maximum absolute atomic E-state index is 12.8. The Morgan fingerprint density at radius 2 is 2.39 bits per heavy atom. The second-order valence-electron chi connectivity index (χ2n) is 5.72. The summed E-state index contributed by atoms with van der Waals surface area (Å²) in [5.41, 5.74) is 1.95. The van der Waals surface area contributed by atoms with E-state index in [0.29, 0.717) is 5.78 Å². The number of Topliss-reactive ketones (excluding diaryl/α,β-unsaturated/α-hetero) is 1. The number of rotatable bonds is 2. The molecule has 0 aromatic carbocycles. The van der Waals surface area contributed by atoms with Crippen LogP contribution in [0.25, 0.3) is 0 Å². The molecule has 18 heavy (non-hydrogen) atoms. The molecular weight excluding hydrogens is 224 g/mol. The van der Waals surface area contributed by atoms with Crippen LogP contribution in [-0.2, 0) is 11.2 Å². The summed E-state index contributed by atoms with van der Waals surface area (Å²) >= 11 is 0. The number of aromatic nitrogens is 1. The van der Waals surface area contributed by atoms with Gasteiger partial charge in [0.25, 0.3) is 0 Å². The van der Waals surface area contributed by atoms with Crippen molar-refractivity contribution >= 4 is 5.78 Å². The third-order valence-corrected chi connectivity index (χ3v) is 4.44. The number of ketones is 1. The second kappa shape index (κ2) is 4.47. The van der Waals surface area contributed by atoms with Crippen molar-refractivity contribution in [2.45, 2.75) is 50.5 Å². The van der Waals surface area contributed by atoms with Crippen LogP contribution >= 0.6 is 0 Å². The third kappa shape index (κ3) is 1.87. The topological polar surface area (TPSA) is 42.0 Å². The maximum Gasteiger partial charge on any atom is 0.161 e. The lowest BCUT2D eigenvalue weighted by Gasteiger charge is -2.35. The lowest BCUT2D eigenvalue weighted by molar-refractivity contribution is -0.127. The van der Waals surface area contributed by atoms with Gasteiger partial charge in [-0.25, -0.2) is 0 Å². The molecule has 1 aliphatic heterocycles. The molecule has 96 valence electrons. The van der Waals surface area contributed by atoms with Crippen molar-refractivity contribution in [3.63, 3.8) is 0 Å². The molecule has 0 spiro atoms. The molecule has 2 unspecified atom stereocenters. The second-order valence-corrected chi connectivity index (χ2v) is 5.72. The van der Waals surface area contributed by atoms with E-state index in [0.717, 1.165) is 37.9 Å². The molecule has 3 heteroatoms. The summed E-state index contributed by atoms with van der Waals surface area (Å²) in [5, 5.41) is 3.43. The number of aryl methyl sites for hydroxylation is 1. The van der Waals surface area contributed by atoms with Crippen LogP contribution in [0.4, 0.5) is 0 Å². The molecule has 1 N–H and O–H groups in total. The van der Waals surface area contributed by atoms with E-state index in [9.17, 15) is 4.79 Å². The number of nitrogens with zero attached hydrogens (tertiary/aromatic N) is 1. The van der Waals surface area contributed by atoms with Crippen molar-refractivity contribution in [1.29, 1.82) is 0 Å². The zero-order chi connectivity index (χ0) is 12.6. The van der Waals surface area contributed by atoms with Gasteiger partial charge in [-0.15, -0.1) is 0 Å². The molecule has 0 saturated carbocycles. The van der Waals surface area contributed by atoms with E-state index in [2.05, 4.69) is 23.3 Å². The summed E-state index contributed by atoms with van der Waals surface area (Å²) in [7, 11) is 0. The first-order valence-corrected chi connectivity index (χ1v) is 6.94. The molecule has 1 saturated heterocycles. The van der Waals surface area contributed by atoms with Gasteiger partial charge in [0.05, 0.1) is 17.2 Å². The van der Waals surface area contributed by atoms with E-state index in [-0.39, 0.29) is 11.5 Å². The average molecular weight is 244 g/mol. The highest BCUT2D eigenvalue weighted by molar-refractivity contribution is 5.94. The number of hydrogen-bond donors (Lipinski definition) is 1. The van der Waals surface area contributed by atoms with Crippen molar-refractivity contribution in [2.75, 3.05) is 6.54 Å². The number of fused-ring (bicyclic) bond motifs is 1. The molecule has 2 aliphatic rings. The number of carbonyl (C=O) groups excluding carboxylic acids is 1. The Balaban J connectivity index is 1.86. The summed E-state index contributed by atoms with van der Waals surface area (Å²) in [4.78, 5) is 17.2. The molecule has 1 aromatic heterocycles. The highest BCUT2D eigenvalue weighted by Gasteiger charge is 2.41. The smallest absolute Gasteiger partial charge is 0.161 e. The Morgan fingerprint density at radius 3 is 3.17 bits per heavy atom. The van der Waals surface area contributed by atoms with Gasteiger partial charge in [-0.3, -0.25) is 9.78 Å². The van der Waals surface area contributed by atoms with E-state index in [1.165, 1.54) is 12.0 Å². The average Bonchev–Trinajstić information content (AvgIpc) is 2.82. The Morgan fingerprint density at radius 1 is 1.50 bits per heavy atom. The normalized spacial score (nSPS) is 31.1. The number of piperidine rings is 1. The molecule has 0 bridgehead atoms. The SMILES string of the molecule is CC1(C(=O)C2CCc3cccnc32)CCCCN1. The van der Waals surface area contributed by atoms with Gasteiger partial charge in [0, 0.05) is 6.20 Å². The van der Waals surface area contributed by atoms with E-state index in [1.807, 2.05) is 6.07 Å². The standard InChI is InChI=1S/C15H20N2O/c1-15(8-2-3-10-17-15)14(18)12-7-6-11-5-4-9-16-13(11)12/h4-5,9,12,17H,2-3,6-8,10H2,1H3. The summed E-state index contributed by atoms with van der Waals surface area (Å²) in [6, 6.07) is 4.07. The number of carbonyl (C=O) groups is 1. The summed E-state index contributed by atoms with van der Waals surface area (Å²) in [5.74, 6) is 0.358. The summed E-state index contributed by atoms with van der Waals surface area (Å²) in [6.07, 6.45) is 7.03. The first-order valence-electron chi connectivity index (χ1n) is 6.94. The molecule has 0 amide bonds. The number of hydrogen-bond acceptors (Lipinski definition) is 3. The van der Waals surface area contributed by atoms with Gasteiger partial charge in [-0.05, 0) is 57.2 Å². The molecule has 0 radical (unpaired) electrons. The fraction of sp³-hybridized carbons (Fsp3) is 0.600. The van der Waals surface area contributed by atoms with E-state index in [4.69, 9.17) is 0 Å². The van der Waals surface area contributed by atoms with Crippen molar-refractivity contribution in [1.82, 2.24) is 10.3 Å². The minimum Gasteiger partial charge on any atom is -0.305 e. The largest absolute Gasteiger partial charge is 0.305 e. The summed E-state index contributed by atoms with van der Waals surface area (Å²) in [6.45, 7) is 3.03. The molecule has 2 atom stereocenters. The third-order valence-electron chi connectivity index (χ3n) is 4.44. The van der Waals surface area contributed by atoms with E-state index in [1.54, 1.807) is 6.20 Å². The van der Waals surface area contributed by atoms with Crippen LogP contribution in [-0.4, -0.2) is 22.9 Å². The Hall–Kier alpha value is -1.22. The monoisotopic (exact) mass is 244 g/mol. The van der Waals surface area contributed by atoms with Crippen LogP contribution < -0.4 is 5.32 Å². The molecule has 2 heterocycles. The van der Waals surface area contributed by atoms with Crippen molar-refractivity contribution < 1.29 is 4.79 Å². The lowest BCUT2D eigenvalue weighted by Crippen LogP contribution is -2.53. The minimum atomic E-state index is -0.331. The lowest BCUT2D eigenvalue weighted by atomic mass is 9.80. The van der Waals surface area contributed by atoms with Gasteiger partial charge in [0.2, 0.25) is 0 Å². The van der Waals surface area contributed by atoms with Crippen LogP contribution in [0.3, 0.4) is 0 Å². The van der Waals surface area contributed by atoms with Crippen LogP contribution in [0.1, 0.15) is 49.8 Å². The van der Waals surface area contributed by atoms with Gasteiger partial charge >= 0.3 is 0 Å².